The van der Waals surface area contributed by atoms with E-state index in [9.17, 15) is 14.9 Å². The fourth-order valence-electron chi connectivity index (χ4n) is 4.74. The molecular formula is C28H25ClN4O3. The quantitative estimate of drug-likeness (QED) is 0.252. The number of rotatable bonds is 4. The van der Waals surface area contributed by atoms with E-state index in [0.29, 0.717) is 36.8 Å². The van der Waals surface area contributed by atoms with Crippen LogP contribution in [0.15, 0.2) is 66.7 Å². The van der Waals surface area contributed by atoms with E-state index in [2.05, 4.69) is 30.9 Å². The van der Waals surface area contributed by atoms with Gasteiger partial charge in [0.05, 0.1) is 21.7 Å². The summed E-state index contributed by atoms with van der Waals surface area (Å²) in [5.41, 5.74) is 6.31. The molecule has 3 aromatic carbocycles. The number of aromatic nitrogens is 1. The van der Waals surface area contributed by atoms with Gasteiger partial charge in [0.1, 0.15) is 0 Å². The van der Waals surface area contributed by atoms with Crippen LogP contribution >= 0.6 is 11.6 Å². The molecule has 0 N–H and O–H groups in total. The van der Waals surface area contributed by atoms with E-state index in [4.69, 9.17) is 16.6 Å². The number of carbonyl (C=O) groups excluding carboxylic acids is 1. The molecule has 4 aromatic rings. The number of nitro benzene ring substituents is 1. The van der Waals surface area contributed by atoms with Crippen molar-refractivity contribution in [2.75, 3.05) is 31.1 Å². The third-order valence-corrected chi connectivity index (χ3v) is 6.89. The minimum atomic E-state index is -0.405. The molecule has 2 heterocycles. The number of aryl methyl sites for hydroxylation is 2. The lowest BCUT2D eigenvalue weighted by Gasteiger charge is -2.36. The van der Waals surface area contributed by atoms with Crippen molar-refractivity contribution in [3.63, 3.8) is 0 Å². The summed E-state index contributed by atoms with van der Waals surface area (Å²) >= 11 is 6.30. The maximum atomic E-state index is 13.8. The number of nitro groups is 1. The van der Waals surface area contributed by atoms with E-state index in [-0.39, 0.29) is 11.6 Å². The van der Waals surface area contributed by atoms with Crippen molar-refractivity contribution in [3.8, 4) is 11.3 Å². The number of carbonyl (C=O) groups is 1. The van der Waals surface area contributed by atoms with Crippen molar-refractivity contribution < 1.29 is 9.72 Å². The Morgan fingerprint density at radius 1 is 0.944 bits per heavy atom. The van der Waals surface area contributed by atoms with E-state index >= 15 is 0 Å². The molecule has 36 heavy (non-hydrogen) atoms. The van der Waals surface area contributed by atoms with E-state index in [1.165, 1.54) is 17.7 Å². The number of nitrogens with zero attached hydrogens (tertiary/aromatic N) is 4. The molecule has 1 aliphatic rings. The van der Waals surface area contributed by atoms with E-state index in [1.54, 1.807) is 24.3 Å². The number of hydrogen-bond acceptors (Lipinski definition) is 5. The summed E-state index contributed by atoms with van der Waals surface area (Å²) in [6.07, 6.45) is 0. The lowest BCUT2D eigenvalue weighted by molar-refractivity contribution is -0.384. The van der Waals surface area contributed by atoms with Gasteiger partial charge in [0, 0.05) is 60.0 Å². The zero-order valence-electron chi connectivity index (χ0n) is 20.1. The second kappa shape index (κ2) is 9.59. The number of fused-ring (bicyclic) bond motifs is 1. The van der Waals surface area contributed by atoms with Gasteiger partial charge < -0.3 is 9.80 Å². The summed E-state index contributed by atoms with van der Waals surface area (Å²) in [7, 11) is 0. The lowest BCUT2D eigenvalue weighted by Crippen LogP contribution is -2.48. The Morgan fingerprint density at radius 3 is 2.33 bits per heavy atom. The van der Waals surface area contributed by atoms with Crippen LogP contribution in [0, 0.1) is 24.0 Å². The minimum Gasteiger partial charge on any atom is -0.368 e. The molecule has 7 nitrogen and oxygen atoms in total. The average molecular weight is 501 g/mol. The van der Waals surface area contributed by atoms with Gasteiger partial charge in [-0.3, -0.25) is 14.9 Å². The van der Waals surface area contributed by atoms with Crippen LogP contribution in [-0.4, -0.2) is 46.9 Å². The van der Waals surface area contributed by atoms with Gasteiger partial charge in [0.15, 0.2) is 0 Å². The number of benzene rings is 3. The number of hydrogen-bond donors (Lipinski definition) is 0. The first-order chi connectivity index (χ1) is 17.3. The molecule has 8 heteroatoms. The molecular weight excluding hydrogens is 476 g/mol. The van der Waals surface area contributed by atoms with Crippen LogP contribution in [0.3, 0.4) is 0 Å². The van der Waals surface area contributed by atoms with E-state index in [0.717, 1.165) is 33.4 Å². The monoisotopic (exact) mass is 500 g/mol. The third-order valence-electron chi connectivity index (χ3n) is 6.65. The van der Waals surface area contributed by atoms with Crippen LogP contribution in [0.1, 0.15) is 21.5 Å². The minimum absolute atomic E-state index is 0.0565. The molecule has 0 aliphatic carbocycles. The molecule has 5 rings (SSSR count). The van der Waals surface area contributed by atoms with Crippen molar-refractivity contribution in [1.82, 2.24) is 9.88 Å². The molecule has 1 aromatic heterocycles. The van der Waals surface area contributed by atoms with Crippen molar-refractivity contribution in [3.05, 3.63) is 98.6 Å². The zero-order chi connectivity index (χ0) is 25.4. The molecule has 182 valence electrons. The molecule has 0 atom stereocenters. The highest BCUT2D eigenvalue weighted by atomic mass is 35.5. The number of piperazine rings is 1. The average Bonchev–Trinajstić information content (AvgIpc) is 2.88. The maximum Gasteiger partial charge on any atom is 0.269 e. The smallest absolute Gasteiger partial charge is 0.269 e. The molecule has 1 saturated heterocycles. The first-order valence-corrected chi connectivity index (χ1v) is 12.1. The molecule has 0 spiro atoms. The van der Waals surface area contributed by atoms with Crippen LogP contribution in [0.4, 0.5) is 11.4 Å². The summed E-state index contributed by atoms with van der Waals surface area (Å²) in [4.78, 5) is 33.1. The van der Waals surface area contributed by atoms with Crippen molar-refractivity contribution in [2.24, 2.45) is 0 Å². The highest BCUT2D eigenvalue weighted by Crippen LogP contribution is 2.30. The van der Waals surface area contributed by atoms with E-state index in [1.807, 2.05) is 23.1 Å². The van der Waals surface area contributed by atoms with Crippen LogP contribution in [0.2, 0.25) is 5.02 Å². The third kappa shape index (κ3) is 4.62. The second-order valence-corrected chi connectivity index (χ2v) is 9.52. The molecule has 1 amide bonds. The Hall–Kier alpha value is -3.97. The first kappa shape index (κ1) is 23.8. The molecule has 0 saturated carbocycles. The van der Waals surface area contributed by atoms with Gasteiger partial charge in [0.25, 0.3) is 11.6 Å². The Morgan fingerprint density at radius 2 is 1.67 bits per heavy atom. The molecule has 0 unspecified atom stereocenters. The summed E-state index contributed by atoms with van der Waals surface area (Å²) < 4.78 is 0. The van der Waals surface area contributed by atoms with E-state index < -0.39 is 4.92 Å². The Labute approximate surface area is 214 Å². The summed E-state index contributed by atoms with van der Waals surface area (Å²) in [5.74, 6) is -0.0565. The van der Waals surface area contributed by atoms with Gasteiger partial charge in [-0.15, -0.1) is 0 Å². The normalized spacial score (nSPS) is 13.8. The maximum absolute atomic E-state index is 13.8. The Kier molecular flexibility index (Phi) is 6.33. The number of halogens is 1. The zero-order valence-corrected chi connectivity index (χ0v) is 20.8. The molecule has 0 radical (unpaired) electrons. The first-order valence-electron chi connectivity index (χ1n) is 11.8. The Balaban J connectivity index is 1.44. The molecule has 1 fully saturated rings. The standard InChI is InChI=1S/C28H25ClN4O3/c1-18-3-9-23(19(2)15-18)27-17-25(24-16-20(29)4-10-26(24)30-27)28(34)32-13-11-31(12-14-32)21-5-7-22(8-6-21)33(35)36/h3-10,15-17H,11-14H2,1-2H3. The highest BCUT2D eigenvalue weighted by Gasteiger charge is 2.25. The predicted molar refractivity (Wildman–Crippen MR) is 143 cm³/mol. The van der Waals surface area contributed by atoms with Crippen LogP contribution < -0.4 is 4.90 Å². The Bertz CT molecular complexity index is 1480. The van der Waals surface area contributed by atoms with Gasteiger partial charge in [-0.1, -0.05) is 35.4 Å². The van der Waals surface area contributed by atoms with Gasteiger partial charge in [0.2, 0.25) is 0 Å². The fraction of sp³-hybridized carbons (Fsp3) is 0.214. The summed E-state index contributed by atoms with van der Waals surface area (Å²) in [6, 6.07) is 20.1. The number of pyridine rings is 1. The van der Waals surface area contributed by atoms with Crippen LogP contribution in [-0.2, 0) is 0 Å². The van der Waals surface area contributed by atoms with Gasteiger partial charge in [-0.2, -0.15) is 0 Å². The number of non-ortho nitro benzene ring substituents is 1. The fourth-order valence-corrected chi connectivity index (χ4v) is 4.91. The largest absolute Gasteiger partial charge is 0.368 e. The summed E-state index contributed by atoms with van der Waals surface area (Å²) in [6.45, 7) is 6.46. The number of anilines is 1. The number of amides is 1. The van der Waals surface area contributed by atoms with Crippen LogP contribution in [0.5, 0.6) is 0 Å². The molecule has 1 aliphatic heterocycles. The second-order valence-electron chi connectivity index (χ2n) is 9.09. The molecule has 0 bridgehead atoms. The van der Waals surface area contributed by atoms with Gasteiger partial charge in [-0.25, -0.2) is 4.98 Å². The topological polar surface area (TPSA) is 79.6 Å². The predicted octanol–water partition coefficient (Wildman–Crippen LogP) is 6.04. The van der Waals surface area contributed by atoms with Crippen molar-refractivity contribution >= 4 is 39.8 Å². The highest BCUT2D eigenvalue weighted by molar-refractivity contribution is 6.31. The van der Waals surface area contributed by atoms with Gasteiger partial charge >= 0.3 is 0 Å². The lowest BCUT2D eigenvalue weighted by atomic mass is 9.99. The van der Waals surface area contributed by atoms with Gasteiger partial charge in [-0.05, 0) is 55.8 Å². The van der Waals surface area contributed by atoms with Crippen LogP contribution in [0.25, 0.3) is 22.2 Å². The van der Waals surface area contributed by atoms with Crippen molar-refractivity contribution in [2.45, 2.75) is 13.8 Å². The van der Waals surface area contributed by atoms with Crippen molar-refractivity contribution in [1.29, 1.82) is 0 Å². The SMILES string of the molecule is Cc1ccc(-c2cc(C(=O)N3CCN(c4ccc([N+](=O)[O-])cc4)CC3)c3cc(Cl)ccc3n2)c(C)c1. The summed E-state index contributed by atoms with van der Waals surface area (Å²) in [5, 5.41) is 12.2.